The van der Waals surface area contributed by atoms with Gasteiger partial charge >= 0.3 is 0 Å². The van der Waals surface area contributed by atoms with Crippen LogP contribution >= 0.6 is 23.8 Å². The molecule has 0 aliphatic heterocycles. The molecule has 0 atom stereocenters. The maximum atomic E-state index is 11.5. The lowest BCUT2D eigenvalue weighted by atomic mass is 10.3. The highest BCUT2D eigenvalue weighted by atomic mass is 35.5. The van der Waals surface area contributed by atoms with Crippen molar-refractivity contribution in [3.63, 3.8) is 0 Å². The molecule has 98 valence electrons. The Bertz CT molecular complexity index is 721. The molecule has 2 aromatic rings. The number of anilines is 1. The molecule has 2 rings (SSSR count). The molecule has 4 N–H and O–H groups in total. The first kappa shape index (κ1) is 13.3. The number of hydrazone groups is 1. The molecule has 0 bridgehead atoms. The van der Waals surface area contributed by atoms with Crippen LogP contribution in [0.15, 0.2) is 34.2 Å². The highest BCUT2D eigenvalue weighted by Crippen LogP contribution is 2.13. The monoisotopic (exact) mass is 296 g/mol. The van der Waals surface area contributed by atoms with Gasteiger partial charge in [-0.1, -0.05) is 11.6 Å². The normalized spacial score (nSPS) is 10.8. The third kappa shape index (κ3) is 3.43. The molecule has 1 heterocycles. The summed E-state index contributed by atoms with van der Waals surface area (Å²) in [5.41, 5.74) is 2.85. The number of H-pyrrole nitrogens is 2. The van der Waals surface area contributed by atoms with Crippen LogP contribution in [-0.2, 0) is 0 Å². The summed E-state index contributed by atoms with van der Waals surface area (Å²) in [6.45, 7) is 0. The van der Waals surface area contributed by atoms with Gasteiger partial charge in [0.15, 0.2) is 4.77 Å². The van der Waals surface area contributed by atoms with Gasteiger partial charge in [0, 0.05) is 5.02 Å². The van der Waals surface area contributed by atoms with E-state index in [9.17, 15) is 9.90 Å². The van der Waals surface area contributed by atoms with Crippen LogP contribution in [0.2, 0.25) is 5.02 Å². The van der Waals surface area contributed by atoms with Crippen molar-refractivity contribution in [1.29, 1.82) is 0 Å². The molecule has 0 amide bonds. The van der Waals surface area contributed by atoms with Crippen molar-refractivity contribution in [2.75, 3.05) is 5.43 Å². The van der Waals surface area contributed by atoms with Gasteiger partial charge in [0.25, 0.3) is 5.56 Å². The number of nitrogens with one attached hydrogen (secondary N) is 3. The van der Waals surface area contributed by atoms with Gasteiger partial charge in [-0.25, -0.2) is 0 Å². The van der Waals surface area contributed by atoms with Gasteiger partial charge in [-0.05, 0) is 36.5 Å². The highest BCUT2D eigenvalue weighted by Gasteiger charge is 2.03. The number of benzene rings is 1. The number of hydrogen-bond donors (Lipinski definition) is 4. The van der Waals surface area contributed by atoms with Crippen LogP contribution in [0.4, 0.5) is 5.69 Å². The van der Waals surface area contributed by atoms with Gasteiger partial charge in [0.2, 0.25) is 5.88 Å². The van der Waals surface area contributed by atoms with Gasteiger partial charge < -0.3 is 10.1 Å². The van der Waals surface area contributed by atoms with Crippen molar-refractivity contribution < 1.29 is 5.11 Å². The average molecular weight is 297 g/mol. The summed E-state index contributed by atoms with van der Waals surface area (Å²) in [6, 6.07) is 6.84. The number of aromatic amines is 2. The van der Waals surface area contributed by atoms with Crippen LogP contribution in [0, 0.1) is 4.77 Å². The summed E-state index contributed by atoms with van der Waals surface area (Å²) in [7, 11) is 0. The van der Waals surface area contributed by atoms with E-state index in [1.165, 1.54) is 6.21 Å². The van der Waals surface area contributed by atoms with Crippen molar-refractivity contribution in [3.8, 4) is 5.88 Å². The minimum absolute atomic E-state index is 0.0185. The lowest BCUT2D eigenvalue weighted by Gasteiger charge is -2.00. The van der Waals surface area contributed by atoms with Crippen molar-refractivity contribution >= 4 is 35.7 Å². The summed E-state index contributed by atoms with van der Waals surface area (Å²) in [6.07, 6.45) is 1.19. The van der Waals surface area contributed by atoms with Crippen LogP contribution in [0.1, 0.15) is 5.56 Å². The van der Waals surface area contributed by atoms with E-state index in [0.717, 1.165) is 0 Å². The minimum Gasteiger partial charge on any atom is -0.494 e. The molecule has 8 heteroatoms. The van der Waals surface area contributed by atoms with Gasteiger partial charge in [-0.2, -0.15) is 5.10 Å². The van der Waals surface area contributed by atoms with Crippen molar-refractivity contribution in [2.45, 2.75) is 0 Å². The molecule has 0 fully saturated rings. The minimum atomic E-state index is -0.525. The Balaban J connectivity index is 2.18. The van der Waals surface area contributed by atoms with E-state index in [1.807, 2.05) is 0 Å². The second-order valence-electron chi connectivity index (χ2n) is 3.55. The molecule has 19 heavy (non-hydrogen) atoms. The van der Waals surface area contributed by atoms with E-state index >= 15 is 0 Å². The van der Waals surface area contributed by atoms with E-state index in [2.05, 4.69) is 20.5 Å². The molecule has 0 aliphatic carbocycles. The largest absolute Gasteiger partial charge is 0.494 e. The molecule has 0 saturated carbocycles. The zero-order valence-corrected chi connectivity index (χ0v) is 11.0. The van der Waals surface area contributed by atoms with Crippen LogP contribution < -0.4 is 11.0 Å². The smallest absolute Gasteiger partial charge is 0.264 e. The molecule has 0 saturated heterocycles. The van der Waals surface area contributed by atoms with Gasteiger partial charge in [-0.15, -0.1) is 0 Å². The predicted molar refractivity (Wildman–Crippen MR) is 76.6 cm³/mol. The predicted octanol–water partition coefficient (Wildman–Crippen LogP) is 2.24. The molecule has 0 radical (unpaired) electrons. The fourth-order valence-electron chi connectivity index (χ4n) is 1.30. The summed E-state index contributed by atoms with van der Waals surface area (Å²) < 4.78 is 0.0466. The molecule has 1 aromatic heterocycles. The lowest BCUT2D eigenvalue weighted by Crippen LogP contribution is -2.14. The Morgan fingerprint density at radius 3 is 2.63 bits per heavy atom. The van der Waals surface area contributed by atoms with Crippen LogP contribution in [0.5, 0.6) is 5.88 Å². The molecule has 0 aliphatic rings. The number of aromatic hydroxyl groups is 1. The molecule has 0 spiro atoms. The van der Waals surface area contributed by atoms with Crippen molar-refractivity contribution in [1.82, 2.24) is 9.97 Å². The van der Waals surface area contributed by atoms with Crippen LogP contribution in [-0.4, -0.2) is 21.3 Å². The second kappa shape index (κ2) is 5.68. The number of rotatable bonds is 3. The number of nitrogens with zero attached hydrogens (tertiary/aromatic N) is 1. The van der Waals surface area contributed by atoms with E-state index in [4.69, 9.17) is 23.8 Å². The first-order chi connectivity index (χ1) is 9.06. The van der Waals surface area contributed by atoms with E-state index in [0.29, 0.717) is 10.7 Å². The van der Waals surface area contributed by atoms with Gasteiger partial charge in [-0.3, -0.25) is 15.2 Å². The average Bonchev–Trinajstić information content (AvgIpc) is 2.34. The molecular formula is C11H9ClN4O2S. The summed E-state index contributed by atoms with van der Waals surface area (Å²) in [5, 5.41) is 14.0. The Morgan fingerprint density at radius 1 is 1.32 bits per heavy atom. The number of halogens is 1. The zero-order chi connectivity index (χ0) is 13.8. The summed E-state index contributed by atoms with van der Waals surface area (Å²) >= 11 is 10.4. The van der Waals surface area contributed by atoms with Crippen LogP contribution in [0.3, 0.4) is 0 Å². The Labute approximate surface area is 117 Å². The standard InChI is InChI=1S/C11H9ClN4O2S/c12-6-1-3-7(4-2-6)16-13-5-8-9(17)14-11(19)15-10(8)18/h1-5,16H,(H3,14,15,17,18,19)/b13-5+. The fraction of sp³-hybridized carbons (Fsp3) is 0. The Kier molecular flexibility index (Phi) is 3.98. The van der Waals surface area contributed by atoms with Gasteiger partial charge in [0.05, 0.1) is 11.9 Å². The fourth-order valence-corrected chi connectivity index (χ4v) is 1.62. The SMILES string of the molecule is O=c1[nH]c(=S)[nH]c(O)c1/C=N/Nc1ccc(Cl)cc1. The summed E-state index contributed by atoms with van der Waals surface area (Å²) in [5.74, 6) is -0.338. The van der Waals surface area contributed by atoms with E-state index in [-0.39, 0.29) is 16.2 Å². The van der Waals surface area contributed by atoms with Crippen LogP contribution in [0.25, 0.3) is 0 Å². The molecule has 6 nitrogen and oxygen atoms in total. The quantitative estimate of drug-likeness (QED) is 0.397. The Morgan fingerprint density at radius 2 is 2.00 bits per heavy atom. The topological polar surface area (TPSA) is 93.3 Å². The number of hydrogen-bond acceptors (Lipinski definition) is 5. The summed E-state index contributed by atoms with van der Waals surface area (Å²) in [4.78, 5) is 16.3. The van der Waals surface area contributed by atoms with Crippen molar-refractivity contribution in [3.05, 3.63) is 50.0 Å². The first-order valence-electron chi connectivity index (χ1n) is 5.16. The maximum absolute atomic E-state index is 11.5. The lowest BCUT2D eigenvalue weighted by molar-refractivity contribution is 0.449. The first-order valence-corrected chi connectivity index (χ1v) is 5.95. The van der Waals surface area contributed by atoms with Crippen molar-refractivity contribution in [2.24, 2.45) is 5.10 Å². The molecule has 1 aromatic carbocycles. The third-order valence-electron chi connectivity index (χ3n) is 2.19. The van der Waals surface area contributed by atoms with E-state index < -0.39 is 5.56 Å². The van der Waals surface area contributed by atoms with Gasteiger partial charge in [0.1, 0.15) is 5.56 Å². The molecule has 0 unspecified atom stereocenters. The van der Waals surface area contributed by atoms with E-state index in [1.54, 1.807) is 24.3 Å². The second-order valence-corrected chi connectivity index (χ2v) is 4.39. The Hall–Kier alpha value is -2.12. The highest BCUT2D eigenvalue weighted by molar-refractivity contribution is 7.71. The maximum Gasteiger partial charge on any atom is 0.264 e. The zero-order valence-electron chi connectivity index (χ0n) is 9.48. The number of aromatic nitrogens is 2. The molecular weight excluding hydrogens is 288 g/mol. The third-order valence-corrected chi connectivity index (χ3v) is 2.65.